The first-order chi connectivity index (χ1) is 5.97. The highest BCUT2D eigenvalue weighted by Gasteiger charge is 2.25. The lowest BCUT2D eigenvalue weighted by Gasteiger charge is -2.20. The quantitative estimate of drug-likeness (QED) is 0.568. The molecule has 2 aliphatic rings. The van der Waals surface area contributed by atoms with E-state index in [0.717, 1.165) is 18.5 Å². The molecule has 0 aromatic rings. The highest BCUT2D eigenvalue weighted by Crippen LogP contribution is 2.31. The predicted octanol–water partition coefficient (Wildman–Crippen LogP) is 2.72. The summed E-state index contributed by atoms with van der Waals surface area (Å²) in [7, 11) is 0. The summed E-state index contributed by atoms with van der Waals surface area (Å²) in [6, 6.07) is 0.759. The highest BCUT2D eigenvalue weighted by molar-refractivity contribution is 4.81. The highest BCUT2D eigenvalue weighted by atomic mass is 14.9. The minimum atomic E-state index is 0.759. The Balaban J connectivity index is 1.83. The van der Waals surface area contributed by atoms with Crippen LogP contribution in [0.4, 0.5) is 0 Å². The lowest BCUT2D eigenvalue weighted by atomic mass is 9.94. The van der Waals surface area contributed by atoms with Gasteiger partial charge in [-0.3, -0.25) is 0 Å². The Labute approximate surface area is 75.9 Å². The van der Waals surface area contributed by atoms with Gasteiger partial charge in [0.25, 0.3) is 0 Å². The Morgan fingerprint density at radius 2 is 1.50 bits per heavy atom. The van der Waals surface area contributed by atoms with Crippen molar-refractivity contribution in [2.45, 2.75) is 57.4 Å². The Bertz CT molecular complexity index is 119. The zero-order valence-corrected chi connectivity index (χ0v) is 7.97. The molecule has 1 heteroatoms. The van der Waals surface area contributed by atoms with Gasteiger partial charge >= 0.3 is 0 Å². The van der Waals surface area contributed by atoms with E-state index in [-0.39, 0.29) is 0 Å². The number of rotatable bonds is 1. The van der Waals surface area contributed by atoms with Gasteiger partial charge in [0, 0.05) is 12.6 Å². The Hall–Kier alpha value is -0.0400. The molecule has 2 rings (SSSR count). The molecule has 0 aromatic heterocycles. The summed E-state index contributed by atoms with van der Waals surface area (Å²) in [6.07, 6.45) is 11.5. The monoisotopic (exact) mass is 166 g/mol. The molecule has 0 aromatic carbocycles. The third-order valence-electron chi connectivity index (χ3n) is 3.47. The molecule has 1 unspecified atom stereocenters. The molecule has 1 saturated carbocycles. The molecule has 1 atom stereocenters. The van der Waals surface area contributed by atoms with E-state index >= 15 is 0 Å². The maximum atomic E-state index is 4.81. The van der Waals surface area contributed by atoms with Gasteiger partial charge in [-0.15, -0.1) is 0 Å². The van der Waals surface area contributed by atoms with E-state index in [0.29, 0.717) is 0 Å². The van der Waals surface area contributed by atoms with Crippen LogP contribution < -0.4 is 5.32 Å². The van der Waals surface area contributed by atoms with E-state index < -0.39 is 0 Å². The second-order valence-corrected chi connectivity index (χ2v) is 4.37. The maximum absolute atomic E-state index is 4.81. The summed E-state index contributed by atoms with van der Waals surface area (Å²) in [5, 5.41) is 4.81. The van der Waals surface area contributed by atoms with Crippen LogP contribution in [-0.4, -0.2) is 12.6 Å². The summed E-state index contributed by atoms with van der Waals surface area (Å²) in [5.41, 5.74) is 0. The molecule has 0 amide bonds. The number of hydrogen-bond donors (Lipinski definition) is 0. The van der Waals surface area contributed by atoms with Crippen LogP contribution in [0.15, 0.2) is 0 Å². The minimum absolute atomic E-state index is 0.759. The second kappa shape index (κ2) is 4.27. The van der Waals surface area contributed by atoms with E-state index in [4.69, 9.17) is 5.32 Å². The van der Waals surface area contributed by atoms with Crippen molar-refractivity contribution in [3.05, 3.63) is 0 Å². The van der Waals surface area contributed by atoms with Crippen LogP contribution in [0.1, 0.15) is 51.4 Å². The van der Waals surface area contributed by atoms with Crippen molar-refractivity contribution in [3.63, 3.8) is 0 Å². The van der Waals surface area contributed by atoms with Crippen molar-refractivity contribution < 1.29 is 0 Å². The third-order valence-corrected chi connectivity index (χ3v) is 3.47. The smallest absolute Gasteiger partial charge is 0.0274 e. The van der Waals surface area contributed by atoms with Crippen molar-refractivity contribution in [2.75, 3.05) is 6.54 Å². The summed E-state index contributed by atoms with van der Waals surface area (Å²) >= 11 is 0. The lowest BCUT2D eigenvalue weighted by Crippen LogP contribution is -2.28. The number of hydrogen-bond acceptors (Lipinski definition) is 0. The Morgan fingerprint density at radius 3 is 2.33 bits per heavy atom. The lowest BCUT2D eigenvalue weighted by molar-refractivity contribution is 0.348. The molecule has 0 N–H and O–H groups in total. The fraction of sp³-hybridized carbons (Fsp3) is 1.00. The molecule has 1 saturated heterocycles. The van der Waals surface area contributed by atoms with Gasteiger partial charge in [-0.2, -0.15) is 0 Å². The van der Waals surface area contributed by atoms with Crippen molar-refractivity contribution in [1.29, 1.82) is 0 Å². The summed E-state index contributed by atoms with van der Waals surface area (Å²) < 4.78 is 0. The fourth-order valence-electron chi connectivity index (χ4n) is 2.72. The minimum Gasteiger partial charge on any atom is -0.238 e. The van der Waals surface area contributed by atoms with Crippen LogP contribution in [0.25, 0.3) is 0 Å². The van der Waals surface area contributed by atoms with E-state index in [9.17, 15) is 0 Å². The molecule has 69 valence electrons. The first-order valence-electron chi connectivity index (χ1n) is 5.63. The van der Waals surface area contributed by atoms with Crippen molar-refractivity contribution >= 4 is 0 Å². The molecule has 12 heavy (non-hydrogen) atoms. The van der Waals surface area contributed by atoms with Gasteiger partial charge < -0.3 is 0 Å². The van der Waals surface area contributed by atoms with Gasteiger partial charge in [-0.25, -0.2) is 5.32 Å². The molecule has 0 bridgehead atoms. The van der Waals surface area contributed by atoms with Gasteiger partial charge in [0.05, 0.1) is 0 Å². The maximum Gasteiger partial charge on any atom is 0.0274 e. The standard InChI is InChI=1S/C11H20N/c1-2-8-11(12-9-5-1)10-6-3-4-7-10/h10-11H,1-9H2. The zero-order chi connectivity index (χ0) is 8.23. The first-order valence-corrected chi connectivity index (χ1v) is 5.63. The van der Waals surface area contributed by atoms with Crippen LogP contribution in [-0.2, 0) is 0 Å². The zero-order valence-electron chi connectivity index (χ0n) is 7.97. The van der Waals surface area contributed by atoms with Gasteiger partial charge in [0.1, 0.15) is 0 Å². The molecule has 1 heterocycles. The summed E-state index contributed by atoms with van der Waals surface area (Å²) in [4.78, 5) is 0. The van der Waals surface area contributed by atoms with Crippen LogP contribution in [0.3, 0.4) is 0 Å². The molecule has 1 aliphatic carbocycles. The van der Waals surface area contributed by atoms with Crippen LogP contribution in [0.5, 0.6) is 0 Å². The fourth-order valence-corrected chi connectivity index (χ4v) is 2.72. The van der Waals surface area contributed by atoms with Gasteiger partial charge in [-0.05, 0) is 31.6 Å². The summed E-state index contributed by atoms with van der Waals surface area (Å²) in [5.74, 6) is 0.975. The Morgan fingerprint density at radius 1 is 0.750 bits per heavy atom. The molecular weight excluding hydrogens is 146 g/mol. The van der Waals surface area contributed by atoms with E-state index in [1.807, 2.05) is 0 Å². The molecule has 1 radical (unpaired) electrons. The molecule has 0 spiro atoms. The molecule has 2 fully saturated rings. The van der Waals surface area contributed by atoms with Crippen molar-refractivity contribution in [3.8, 4) is 0 Å². The van der Waals surface area contributed by atoms with Gasteiger partial charge in [0.15, 0.2) is 0 Å². The van der Waals surface area contributed by atoms with Crippen molar-refractivity contribution in [1.82, 2.24) is 5.32 Å². The molecule has 1 aliphatic heterocycles. The second-order valence-electron chi connectivity index (χ2n) is 4.37. The van der Waals surface area contributed by atoms with E-state index in [1.165, 1.54) is 51.4 Å². The first kappa shape index (κ1) is 8.55. The van der Waals surface area contributed by atoms with Crippen LogP contribution in [0, 0.1) is 5.92 Å². The topological polar surface area (TPSA) is 14.1 Å². The number of nitrogens with zero attached hydrogens (tertiary/aromatic N) is 1. The SMILES string of the molecule is C1CC[N]C(C2CCCC2)CC1. The predicted molar refractivity (Wildman–Crippen MR) is 51.2 cm³/mol. The van der Waals surface area contributed by atoms with Gasteiger partial charge in [-0.1, -0.05) is 25.7 Å². The largest absolute Gasteiger partial charge is 0.238 e. The van der Waals surface area contributed by atoms with Crippen molar-refractivity contribution in [2.24, 2.45) is 5.92 Å². The van der Waals surface area contributed by atoms with Gasteiger partial charge in [0.2, 0.25) is 0 Å². The van der Waals surface area contributed by atoms with E-state index in [1.54, 1.807) is 0 Å². The van der Waals surface area contributed by atoms with Crippen LogP contribution in [0.2, 0.25) is 0 Å². The van der Waals surface area contributed by atoms with Crippen LogP contribution >= 0.6 is 0 Å². The molecule has 1 nitrogen and oxygen atoms in total. The average molecular weight is 166 g/mol. The summed E-state index contributed by atoms with van der Waals surface area (Å²) in [6.45, 7) is 1.15. The molecular formula is C11H20N. The Kier molecular flexibility index (Phi) is 3.04. The third kappa shape index (κ3) is 2.01. The van der Waals surface area contributed by atoms with E-state index in [2.05, 4.69) is 0 Å². The average Bonchev–Trinajstić information content (AvgIpc) is 2.48. The normalized spacial score (nSPS) is 33.5.